The van der Waals surface area contributed by atoms with Crippen LogP contribution in [0.15, 0.2) is 54.6 Å². The molecule has 0 saturated heterocycles. The third-order valence-corrected chi connectivity index (χ3v) is 4.31. The quantitative estimate of drug-likeness (QED) is 0.774. The summed E-state index contributed by atoms with van der Waals surface area (Å²) < 4.78 is 1.88. The normalized spacial score (nSPS) is 12.0. The van der Waals surface area contributed by atoms with Gasteiger partial charge in [-0.15, -0.1) is 0 Å². The van der Waals surface area contributed by atoms with Gasteiger partial charge in [-0.2, -0.15) is 5.10 Å². The van der Waals surface area contributed by atoms with Crippen LogP contribution in [-0.2, 0) is 0 Å². The van der Waals surface area contributed by atoms with Crippen molar-refractivity contribution in [3.05, 3.63) is 82.7 Å². The lowest BCUT2D eigenvalue weighted by Crippen LogP contribution is -2.26. The second-order valence-electron chi connectivity index (χ2n) is 6.49. The van der Waals surface area contributed by atoms with Gasteiger partial charge >= 0.3 is 0 Å². The Morgan fingerprint density at radius 2 is 1.64 bits per heavy atom. The molecule has 1 heterocycles. The van der Waals surface area contributed by atoms with Gasteiger partial charge in [0.15, 0.2) is 0 Å². The van der Waals surface area contributed by atoms with E-state index in [1.165, 1.54) is 5.56 Å². The summed E-state index contributed by atoms with van der Waals surface area (Å²) in [7, 11) is 0. The number of hydrogen-bond acceptors (Lipinski definition) is 2. The Morgan fingerprint density at radius 3 is 2.20 bits per heavy atom. The largest absolute Gasteiger partial charge is 0.346 e. The molecule has 2 aromatic carbocycles. The Morgan fingerprint density at radius 1 is 1.00 bits per heavy atom. The fourth-order valence-electron chi connectivity index (χ4n) is 2.86. The maximum atomic E-state index is 12.5. The van der Waals surface area contributed by atoms with E-state index in [4.69, 9.17) is 0 Å². The van der Waals surface area contributed by atoms with Crippen molar-refractivity contribution in [2.24, 2.45) is 0 Å². The molecule has 4 nitrogen and oxygen atoms in total. The number of nitrogens with one attached hydrogen (secondary N) is 1. The van der Waals surface area contributed by atoms with E-state index >= 15 is 0 Å². The van der Waals surface area contributed by atoms with Crippen LogP contribution < -0.4 is 5.32 Å². The highest BCUT2D eigenvalue weighted by molar-refractivity contribution is 5.94. The number of hydrogen-bond donors (Lipinski definition) is 1. The lowest BCUT2D eigenvalue weighted by atomic mass is 10.1. The van der Waals surface area contributed by atoms with Crippen molar-refractivity contribution in [3.8, 4) is 5.69 Å². The van der Waals surface area contributed by atoms with E-state index in [-0.39, 0.29) is 11.9 Å². The minimum absolute atomic E-state index is 0.0382. The van der Waals surface area contributed by atoms with Gasteiger partial charge in [0, 0.05) is 11.3 Å². The summed E-state index contributed by atoms with van der Waals surface area (Å²) >= 11 is 0. The van der Waals surface area contributed by atoms with Crippen molar-refractivity contribution in [1.82, 2.24) is 15.1 Å². The number of nitrogens with zero attached hydrogens (tertiary/aromatic N) is 2. The highest BCUT2D eigenvalue weighted by atomic mass is 16.1. The third-order valence-electron chi connectivity index (χ3n) is 4.31. The molecule has 1 atom stereocenters. The molecule has 1 aromatic heterocycles. The average Bonchev–Trinajstić information content (AvgIpc) is 2.94. The minimum atomic E-state index is -0.0759. The number of carbonyl (C=O) groups excluding carboxylic acids is 1. The monoisotopic (exact) mass is 333 g/mol. The molecule has 0 aliphatic rings. The van der Waals surface area contributed by atoms with E-state index in [2.05, 4.69) is 29.5 Å². The summed E-state index contributed by atoms with van der Waals surface area (Å²) in [4.78, 5) is 12.5. The molecule has 0 spiro atoms. The number of aromatic nitrogens is 2. The Kier molecular flexibility index (Phi) is 4.70. The van der Waals surface area contributed by atoms with Crippen LogP contribution in [0.1, 0.15) is 45.8 Å². The van der Waals surface area contributed by atoms with Crippen molar-refractivity contribution >= 4 is 5.91 Å². The Labute approximate surface area is 148 Å². The van der Waals surface area contributed by atoms with Crippen LogP contribution in [0.3, 0.4) is 0 Å². The molecule has 4 heteroatoms. The van der Waals surface area contributed by atoms with Crippen molar-refractivity contribution < 1.29 is 4.79 Å². The van der Waals surface area contributed by atoms with Crippen LogP contribution in [0.5, 0.6) is 0 Å². The predicted molar refractivity (Wildman–Crippen MR) is 100 cm³/mol. The van der Waals surface area contributed by atoms with Gasteiger partial charge in [0.05, 0.1) is 17.4 Å². The van der Waals surface area contributed by atoms with E-state index in [0.29, 0.717) is 5.56 Å². The molecule has 0 aliphatic heterocycles. The molecule has 0 saturated carbocycles. The SMILES string of the molecule is Cc1ccc(C(C)NC(=O)c2ccc(-n3nc(C)cc3C)cc2)cc1. The Bertz CT molecular complexity index is 877. The van der Waals surface area contributed by atoms with E-state index in [1.807, 2.05) is 67.9 Å². The average molecular weight is 333 g/mol. The lowest BCUT2D eigenvalue weighted by Gasteiger charge is -2.15. The van der Waals surface area contributed by atoms with E-state index in [9.17, 15) is 4.79 Å². The van der Waals surface area contributed by atoms with Gasteiger partial charge in [0.2, 0.25) is 0 Å². The Hall–Kier alpha value is -2.88. The van der Waals surface area contributed by atoms with Crippen LogP contribution in [0.4, 0.5) is 0 Å². The molecule has 1 N–H and O–H groups in total. The maximum Gasteiger partial charge on any atom is 0.251 e. The standard InChI is InChI=1S/C21H23N3O/c1-14-5-7-18(8-6-14)17(4)22-21(25)19-9-11-20(12-10-19)24-16(3)13-15(2)23-24/h5-13,17H,1-4H3,(H,22,25). The first kappa shape index (κ1) is 17.0. The molecule has 128 valence electrons. The third kappa shape index (κ3) is 3.79. The highest BCUT2D eigenvalue weighted by Crippen LogP contribution is 2.16. The second kappa shape index (κ2) is 6.93. The van der Waals surface area contributed by atoms with Crippen molar-refractivity contribution in [2.45, 2.75) is 33.7 Å². The molecule has 0 aliphatic carbocycles. The smallest absolute Gasteiger partial charge is 0.251 e. The number of carbonyl (C=O) groups is 1. The molecule has 1 amide bonds. The zero-order valence-electron chi connectivity index (χ0n) is 15.1. The van der Waals surface area contributed by atoms with Crippen molar-refractivity contribution in [2.75, 3.05) is 0 Å². The maximum absolute atomic E-state index is 12.5. The minimum Gasteiger partial charge on any atom is -0.346 e. The molecule has 25 heavy (non-hydrogen) atoms. The fraction of sp³-hybridized carbons (Fsp3) is 0.238. The molecule has 0 bridgehead atoms. The van der Waals surface area contributed by atoms with E-state index < -0.39 is 0 Å². The lowest BCUT2D eigenvalue weighted by molar-refractivity contribution is 0.0940. The number of benzene rings is 2. The second-order valence-corrected chi connectivity index (χ2v) is 6.49. The molecule has 1 unspecified atom stereocenters. The zero-order chi connectivity index (χ0) is 18.0. The van der Waals surface area contributed by atoms with Gasteiger partial charge in [-0.1, -0.05) is 29.8 Å². The summed E-state index contributed by atoms with van der Waals surface area (Å²) in [6.07, 6.45) is 0. The summed E-state index contributed by atoms with van der Waals surface area (Å²) in [6.45, 7) is 8.03. The van der Waals surface area contributed by atoms with Gasteiger partial charge in [-0.3, -0.25) is 4.79 Å². The van der Waals surface area contributed by atoms with Gasteiger partial charge in [-0.05, 0) is 63.6 Å². The first-order valence-electron chi connectivity index (χ1n) is 8.45. The van der Waals surface area contributed by atoms with Crippen LogP contribution in [0.25, 0.3) is 5.69 Å². The van der Waals surface area contributed by atoms with Crippen LogP contribution in [0, 0.1) is 20.8 Å². The molecule has 0 radical (unpaired) electrons. The van der Waals surface area contributed by atoms with E-state index in [0.717, 1.165) is 22.6 Å². The molecular weight excluding hydrogens is 310 g/mol. The number of rotatable bonds is 4. The first-order valence-corrected chi connectivity index (χ1v) is 8.45. The van der Waals surface area contributed by atoms with E-state index in [1.54, 1.807) is 0 Å². The summed E-state index contributed by atoms with van der Waals surface area (Å²) in [5, 5.41) is 7.51. The summed E-state index contributed by atoms with van der Waals surface area (Å²) in [5.41, 5.74) is 5.95. The highest BCUT2D eigenvalue weighted by Gasteiger charge is 2.12. The van der Waals surface area contributed by atoms with Gasteiger partial charge < -0.3 is 5.32 Å². The molecule has 3 rings (SSSR count). The van der Waals surface area contributed by atoms with Gasteiger partial charge in [-0.25, -0.2) is 4.68 Å². The summed E-state index contributed by atoms with van der Waals surface area (Å²) in [6, 6.07) is 17.7. The van der Waals surface area contributed by atoms with Crippen LogP contribution in [0.2, 0.25) is 0 Å². The fourth-order valence-corrected chi connectivity index (χ4v) is 2.86. The zero-order valence-corrected chi connectivity index (χ0v) is 15.1. The molecule has 3 aromatic rings. The van der Waals surface area contributed by atoms with Crippen LogP contribution >= 0.6 is 0 Å². The molecular formula is C21H23N3O. The van der Waals surface area contributed by atoms with Crippen molar-refractivity contribution in [3.63, 3.8) is 0 Å². The topological polar surface area (TPSA) is 46.9 Å². The predicted octanol–water partition coefficient (Wildman–Crippen LogP) is 4.29. The molecule has 0 fully saturated rings. The first-order chi connectivity index (χ1) is 11.9. The Balaban J connectivity index is 1.72. The van der Waals surface area contributed by atoms with Gasteiger partial charge in [0.1, 0.15) is 0 Å². The number of aryl methyl sites for hydroxylation is 3. The van der Waals surface area contributed by atoms with Crippen LogP contribution in [-0.4, -0.2) is 15.7 Å². The van der Waals surface area contributed by atoms with Gasteiger partial charge in [0.25, 0.3) is 5.91 Å². The number of amides is 1. The summed E-state index contributed by atoms with van der Waals surface area (Å²) in [5.74, 6) is -0.0759. The van der Waals surface area contributed by atoms with Crippen molar-refractivity contribution in [1.29, 1.82) is 0 Å².